The van der Waals surface area contributed by atoms with Gasteiger partial charge in [-0.2, -0.15) is 0 Å². The van der Waals surface area contributed by atoms with Crippen molar-refractivity contribution in [1.29, 1.82) is 0 Å². The molecule has 2 rings (SSSR count). The summed E-state index contributed by atoms with van der Waals surface area (Å²) in [4.78, 5) is 12.1. The van der Waals surface area contributed by atoms with Crippen molar-refractivity contribution in [1.82, 2.24) is 0 Å². The number of carbonyl (C=O) groups is 1. The van der Waals surface area contributed by atoms with Gasteiger partial charge in [-0.1, -0.05) is 46.3 Å². The summed E-state index contributed by atoms with van der Waals surface area (Å²) in [6.07, 6.45) is -0.163. The van der Waals surface area contributed by atoms with Crippen LogP contribution in [0, 0.1) is 0 Å². The number of esters is 1. The van der Waals surface area contributed by atoms with Gasteiger partial charge >= 0.3 is 5.97 Å². The molecule has 0 N–H and O–H groups in total. The van der Waals surface area contributed by atoms with E-state index in [0.29, 0.717) is 18.8 Å². The lowest BCUT2D eigenvalue weighted by molar-refractivity contribution is -0.151. The van der Waals surface area contributed by atoms with Crippen molar-refractivity contribution in [3.63, 3.8) is 0 Å². The molecule has 0 spiro atoms. The second-order valence-corrected chi connectivity index (χ2v) is 5.42. The zero-order chi connectivity index (χ0) is 15.1. The summed E-state index contributed by atoms with van der Waals surface area (Å²) in [6, 6.07) is 17.2. The Labute approximate surface area is 133 Å². The van der Waals surface area contributed by atoms with Gasteiger partial charge in [0.05, 0.1) is 6.61 Å². The van der Waals surface area contributed by atoms with Gasteiger partial charge in [0, 0.05) is 10.9 Å². The SMILES string of the molecule is CCOC(=O)[C@H](Cc1ccccc1)Oc1ccc(Br)cc1. The fraction of sp³-hybridized carbons (Fsp3) is 0.235. The van der Waals surface area contributed by atoms with Gasteiger partial charge in [0.2, 0.25) is 0 Å². The Morgan fingerprint density at radius 1 is 1.10 bits per heavy atom. The predicted molar refractivity (Wildman–Crippen MR) is 85.3 cm³/mol. The van der Waals surface area contributed by atoms with Crippen LogP contribution in [0.5, 0.6) is 5.75 Å². The predicted octanol–water partition coefficient (Wildman–Crippen LogP) is 4.00. The Morgan fingerprint density at radius 2 is 1.76 bits per heavy atom. The minimum atomic E-state index is -0.645. The summed E-state index contributed by atoms with van der Waals surface area (Å²) < 4.78 is 11.9. The van der Waals surface area contributed by atoms with Crippen LogP contribution >= 0.6 is 15.9 Å². The number of hydrogen-bond acceptors (Lipinski definition) is 3. The van der Waals surface area contributed by atoms with E-state index in [0.717, 1.165) is 10.0 Å². The maximum Gasteiger partial charge on any atom is 0.347 e. The lowest BCUT2D eigenvalue weighted by Gasteiger charge is -2.18. The molecule has 0 aliphatic carbocycles. The van der Waals surface area contributed by atoms with Crippen molar-refractivity contribution in [3.8, 4) is 5.75 Å². The number of rotatable bonds is 6. The van der Waals surface area contributed by atoms with Crippen LogP contribution in [-0.2, 0) is 16.0 Å². The van der Waals surface area contributed by atoms with Crippen molar-refractivity contribution >= 4 is 21.9 Å². The van der Waals surface area contributed by atoms with Gasteiger partial charge in [-0.05, 0) is 36.8 Å². The van der Waals surface area contributed by atoms with E-state index >= 15 is 0 Å². The summed E-state index contributed by atoms with van der Waals surface area (Å²) in [6.45, 7) is 2.13. The standard InChI is InChI=1S/C17H17BrO3/c1-2-20-17(19)16(12-13-6-4-3-5-7-13)21-15-10-8-14(18)9-11-15/h3-11,16H,2,12H2,1H3/t16-/m0/s1. The normalized spacial score (nSPS) is 11.7. The first kappa shape index (κ1) is 15.6. The second-order valence-electron chi connectivity index (χ2n) is 4.50. The second kappa shape index (κ2) is 7.84. The molecular formula is C17H17BrO3. The van der Waals surface area contributed by atoms with Gasteiger partial charge in [0.15, 0.2) is 6.10 Å². The van der Waals surface area contributed by atoms with Gasteiger partial charge in [0.25, 0.3) is 0 Å². The first-order valence-electron chi connectivity index (χ1n) is 6.82. The molecule has 21 heavy (non-hydrogen) atoms. The smallest absolute Gasteiger partial charge is 0.347 e. The van der Waals surface area contributed by atoms with Gasteiger partial charge in [-0.25, -0.2) is 4.79 Å². The topological polar surface area (TPSA) is 35.5 Å². The van der Waals surface area contributed by atoms with Crippen LogP contribution < -0.4 is 4.74 Å². The summed E-state index contributed by atoms with van der Waals surface area (Å²) in [5, 5.41) is 0. The third kappa shape index (κ3) is 4.90. The van der Waals surface area contributed by atoms with Crippen molar-refractivity contribution in [2.75, 3.05) is 6.61 Å². The molecule has 0 heterocycles. The highest BCUT2D eigenvalue weighted by atomic mass is 79.9. The Balaban J connectivity index is 2.11. The van der Waals surface area contributed by atoms with Crippen LogP contribution in [0.1, 0.15) is 12.5 Å². The number of hydrogen-bond donors (Lipinski definition) is 0. The average molecular weight is 349 g/mol. The Kier molecular flexibility index (Phi) is 5.81. The molecule has 0 saturated heterocycles. The van der Waals surface area contributed by atoms with Gasteiger partial charge in [0.1, 0.15) is 5.75 Å². The molecule has 0 saturated carbocycles. The molecular weight excluding hydrogens is 332 g/mol. The van der Waals surface area contributed by atoms with Crippen LogP contribution in [0.3, 0.4) is 0 Å². The van der Waals surface area contributed by atoms with E-state index in [1.165, 1.54) is 0 Å². The van der Waals surface area contributed by atoms with Crippen LogP contribution in [0.15, 0.2) is 59.1 Å². The molecule has 0 fully saturated rings. The third-order valence-corrected chi connectivity index (χ3v) is 3.43. The molecule has 2 aromatic carbocycles. The summed E-state index contributed by atoms with van der Waals surface area (Å²) in [5.74, 6) is 0.302. The van der Waals surface area contributed by atoms with Crippen molar-refractivity contribution in [3.05, 3.63) is 64.6 Å². The minimum Gasteiger partial charge on any atom is -0.478 e. The summed E-state index contributed by atoms with van der Waals surface area (Å²) >= 11 is 3.37. The molecule has 0 bridgehead atoms. The average Bonchev–Trinajstić information content (AvgIpc) is 2.50. The largest absolute Gasteiger partial charge is 0.478 e. The van der Waals surface area contributed by atoms with Crippen LogP contribution in [0.4, 0.5) is 0 Å². The lowest BCUT2D eigenvalue weighted by Crippen LogP contribution is -2.31. The highest BCUT2D eigenvalue weighted by Gasteiger charge is 2.22. The maximum absolute atomic E-state index is 12.1. The molecule has 0 amide bonds. The summed E-state index contributed by atoms with van der Waals surface area (Å²) in [7, 11) is 0. The Morgan fingerprint density at radius 3 is 2.38 bits per heavy atom. The lowest BCUT2D eigenvalue weighted by atomic mass is 10.1. The number of carbonyl (C=O) groups excluding carboxylic acids is 1. The van der Waals surface area contributed by atoms with Gasteiger partial charge < -0.3 is 9.47 Å². The number of ether oxygens (including phenoxy) is 2. The van der Waals surface area contributed by atoms with E-state index < -0.39 is 6.10 Å². The fourth-order valence-corrected chi connectivity index (χ4v) is 2.18. The maximum atomic E-state index is 12.1. The Hall–Kier alpha value is -1.81. The first-order valence-corrected chi connectivity index (χ1v) is 7.61. The van der Waals surface area contributed by atoms with Gasteiger partial charge in [-0.15, -0.1) is 0 Å². The van der Waals surface area contributed by atoms with E-state index in [4.69, 9.17) is 9.47 Å². The van der Waals surface area contributed by atoms with E-state index in [9.17, 15) is 4.79 Å². The third-order valence-electron chi connectivity index (χ3n) is 2.91. The highest BCUT2D eigenvalue weighted by Crippen LogP contribution is 2.19. The van der Waals surface area contributed by atoms with E-state index in [1.807, 2.05) is 54.6 Å². The monoisotopic (exact) mass is 348 g/mol. The van der Waals surface area contributed by atoms with Crippen LogP contribution in [0.25, 0.3) is 0 Å². The molecule has 4 heteroatoms. The quantitative estimate of drug-likeness (QED) is 0.740. The molecule has 1 atom stereocenters. The first-order chi connectivity index (χ1) is 10.2. The fourth-order valence-electron chi connectivity index (χ4n) is 1.91. The number of halogens is 1. The zero-order valence-electron chi connectivity index (χ0n) is 11.8. The highest BCUT2D eigenvalue weighted by molar-refractivity contribution is 9.10. The zero-order valence-corrected chi connectivity index (χ0v) is 13.4. The number of benzene rings is 2. The molecule has 0 aromatic heterocycles. The van der Waals surface area contributed by atoms with E-state index in [1.54, 1.807) is 6.92 Å². The molecule has 2 aromatic rings. The summed E-state index contributed by atoms with van der Waals surface area (Å²) in [5.41, 5.74) is 1.03. The molecule has 0 aliphatic heterocycles. The molecule has 0 radical (unpaired) electrons. The van der Waals surface area contributed by atoms with Gasteiger partial charge in [-0.3, -0.25) is 0 Å². The van der Waals surface area contributed by atoms with Crippen molar-refractivity contribution < 1.29 is 14.3 Å². The minimum absolute atomic E-state index is 0.341. The molecule has 0 aliphatic rings. The van der Waals surface area contributed by atoms with E-state index in [-0.39, 0.29) is 5.97 Å². The van der Waals surface area contributed by atoms with Crippen LogP contribution in [0.2, 0.25) is 0 Å². The molecule has 0 unspecified atom stereocenters. The van der Waals surface area contributed by atoms with Crippen molar-refractivity contribution in [2.45, 2.75) is 19.4 Å². The van der Waals surface area contributed by atoms with E-state index in [2.05, 4.69) is 15.9 Å². The van der Waals surface area contributed by atoms with Crippen LogP contribution in [-0.4, -0.2) is 18.7 Å². The Bertz CT molecular complexity index is 566. The molecule has 110 valence electrons. The molecule has 3 nitrogen and oxygen atoms in total. The van der Waals surface area contributed by atoms with Crippen molar-refractivity contribution in [2.24, 2.45) is 0 Å².